The molecule has 1 aromatic carbocycles. The van der Waals surface area contributed by atoms with Gasteiger partial charge >= 0.3 is 0 Å². The predicted octanol–water partition coefficient (Wildman–Crippen LogP) is 2.14. The summed E-state index contributed by atoms with van der Waals surface area (Å²) in [5.41, 5.74) is 7.64. The minimum absolute atomic E-state index is 0.0305. The number of ether oxygens (including phenoxy) is 1. The van der Waals surface area contributed by atoms with Crippen molar-refractivity contribution in [2.24, 2.45) is 11.7 Å². The van der Waals surface area contributed by atoms with Crippen molar-refractivity contribution in [1.82, 2.24) is 14.7 Å². The maximum absolute atomic E-state index is 12.9. The summed E-state index contributed by atoms with van der Waals surface area (Å²) in [5, 5.41) is 4.35. The summed E-state index contributed by atoms with van der Waals surface area (Å²) in [6.07, 6.45) is 5.63. The number of methoxy groups -OCH3 is 1. The van der Waals surface area contributed by atoms with Gasteiger partial charge in [0.05, 0.1) is 25.4 Å². The molecular weight excluding hydrogens is 316 g/mol. The molecule has 1 aliphatic rings. The van der Waals surface area contributed by atoms with Gasteiger partial charge in [-0.15, -0.1) is 0 Å². The van der Waals surface area contributed by atoms with Gasteiger partial charge in [-0.1, -0.05) is 19.1 Å². The molecule has 2 aromatic rings. The largest absolute Gasteiger partial charge is 0.497 e. The van der Waals surface area contributed by atoms with Crippen molar-refractivity contribution in [3.05, 3.63) is 47.8 Å². The Kier molecular flexibility index (Phi) is 5.38. The van der Waals surface area contributed by atoms with E-state index >= 15 is 0 Å². The van der Waals surface area contributed by atoms with Gasteiger partial charge in [-0.25, -0.2) is 0 Å². The summed E-state index contributed by atoms with van der Waals surface area (Å²) in [6.45, 7) is 4.07. The highest BCUT2D eigenvalue weighted by Gasteiger charge is 2.31. The zero-order valence-corrected chi connectivity index (χ0v) is 14.9. The Bertz CT molecular complexity index is 710. The van der Waals surface area contributed by atoms with Crippen LogP contribution in [0, 0.1) is 5.92 Å². The molecule has 2 heterocycles. The van der Waals surface area contributed by atoms with Gasteiger partial charge in [0.2, 0.25) is 0 Å². The number of carbonyl (C=O) groups excluding carboxylic acids is 1. The van der Waals surface area contributed by atoms with Gasteiger partial charge in [-0.3, -0.25) is 9.48 Å². The Morgan fingerprint density at radius 3 is 2.80 bits per heavy atom. The monoisotopic (exact) mass is 342 g/mol. The number of hydrogen-bond acceptors (Lipinski definition) is 4. The fourth-order valence-electron chi connectivity index (χ4n) is 3.51. The summed E-state index contributed by atoms with van der Waals surface area (Å²) >= 11 is 0. The fraction of sp³-hybridized carbons (Fsp3) is 0.474. The lowest BCUT2D eigenvalue weighted by Gasteiger charge is -2.39. The highest BCUT2D eigenvalue weighted by atomic mass is 16.5. The molecular formula is C19H26N4O2. The normalized spacial score (nSPS) is 20.5. The van der Waals surface area contributed by atoms with E-state index < -0.39 is 0 Å². The molecule has 0 bridgehead atoms. The molecule has 3 rings (SSSR count). The van der Waals surface area contributed by atoms with Gasteiger partial charge in [0.15, 0.2) is 0 Å². The molecule has 1 aliphatic heterocycles. The second-order valence-corrected chi connectivity index (χ2v) is 6.70. The van der Waals surface area contributed by atoms with Crippen LogP contribution in [-0.2, 0) is 6.54 Å². The molecule has 1 aromatic heterocycles. The Balaban J connectivity index is 1.70. The fourth-order valence-corrected chi connectivity index (χ4v) is 3.51. The molecule has 1 saturated heterocycles. The van der Waals surface area contributed by atoms with Gasteiger partial charge in [-0.05, 0) is 36.5 Å². The predicted molar refractivity (Wildman–Crippen MR) is 96.6 cm³/mol. The van der Waals surface area contributed by atoms with Gasteiger partial charge in [0.1, 0.15) is 5.75 Å². The van der Waals surface area contributed by atoms with Gasteiger partial charge in [0.25, 0.3) is 5.91 Å². The second-order valence-electron chi connectivity index (χ2n) is 6.70. The Morgan fingerprint density at radius 1 is 1.36 bits per heavy atom. The first kappa shape index (κ1) is 17.5. The van der Waals surface area contributed by atoms with Crippen LogP contribution in [0.25, 0.3) is 0 Å². The standard InChI is InChI=1S/C19H26N4O2/c1-14-4-3-9-23(18(14)10-20)19(24)16-11-21-22(13-16)12-15-5-7-17(25-2)8-6-15/h5-8,11,13-14,18H,3-4,9-10,12,20H2,1-2H3/t14-,18+/m0/s1. The first-order valence-corrected chi connectivity index (χ1v) is 8.78. The third-order valence-corrected chi connectivity index (χ3v) is 5.00. The highest BCUT2D eigenvalue weighted by molar-refractivity contribution is 5.94. The van der Waals surface area contributed by atoms with E-state index in [1.807, 2.05) is 35.4 Å². The van der Waals surface area contributed by atoms with Crippen LogP contribution in [0.5, 0.6) is 5.75 Å². The summed E-state index contributed by atoms with van der Waals surface area (Å²) in [4.78, 5) is 14.8. The van der Waals surface area contributed by atoms with Crippen molar-refractivity contribution in [3.63, 3.8) is 0 Å². The molecule has 0 aliphatic carbocycles. The molecule has 25 heavy (non-hydrogen) atoms. The molecule has 0 saturated carbocycles. The molecule has 0 radical (unpaired) electrons. The van der Waals surface area contributed by atoms with Crippen LogP contribution in [0.1, 0.15) is 35.7 Å². The van der Waals surface area contributed by atoms with Crippen molar-refractivity contribution in [3.8, 4) is 5.75 Å². The Morgan fingerprint density at radius 2 is 2.12 bits per heavy atom. The van der Waals surface area contributed by atoms with Crippen LogP contribution in [0.4, 0.5) is 0 Å². The van der Waals surface area contributed by atoms with Crippen molar-refractivity contribution in [2.75, 3.05) is 20.2 Å². The zero-order valence-electron chi connectivity index (χ0n) is 14.9. The molecule has 0 spiro atoms. The SMILES string of the molecule is COc1ccc(Cn2cc(C(=O)N3CCC[C@H](C)[C@H]3CN)cn2)cc1. The number of benzene rings is 1. The summed E-state index contributed by atoms with van der Waals surface area (Å²) < 4.78 is 6.96. The molecule has 2 atom stereocenters. The maximum atomic E-state index is 12.9. The number of nitrogens with zero attached hydrogens (tertiary/aromatic N) is 3. The van der Waals surface area contributed by atoms with Gasteiger partial charge < -0.3 is 15.4 Å². The van der Waals surface area contributed by atoms with E-state index in [0.29, 0.717) is 24.6 Å². The van der Waals surface area contributed by atoms with Crippen molar-refractivity contribution >= 4 is 5.91 Å². The minimum Gasteiger partial charge on any atom is -0.497 e. The van der Waals surface area contributed by atoms with E-state index in [1.165, 1.54) is 0 Å². The van der Waals surface area contributed by atoms with Crippen LogP contribution in [0.3, 0.4) is 0 Å². The van der Waals surface area contributed by atoms with E-state index in [1.54, 1.807) is 18.0 Å². The zero-order chi connectivity index (χ0) is 17.8. The summed E-state index contributed by atoms with van der Waals surface area (Å²) in [5.74, 6) is 1.30. The number of amides is 1. The van der Waals surface area contributed by atoms with Crippen LogP contribution in [-0.4, -0.2) is 46.8 Å². The topological polar surface area (TPSA) is 73.4 Å². The number of carbonyl (C=O) groups is 1. The summed E-state index contributed by atoms with van der Waals surface area (Å²) in [6, 6.07) is 7.96. The van der Waals surface area contributed by atoms with E-state index in [0.717, 1.165) is 30.7 Å². The maximum Gasteiger partial charge on any atom is 0.257 e. The number of likely N-dealkylation sites (tertiary alicyclic amines) is 1. The van der Waals surface area contributed by atoms with E-state index in [2.05, 4.69) is 12.0 Å². The number of piperidine rings is 1. The first-order chi connectivity index (χ1) is 12.1. The average Bonchev–Trinajstić information content (AvgIpc) is 3.10. The third kappa shape index (κ3) is 3.85. The van der Waals surface area contributed by atoms with E-state index in [4.69, 9.17) is 10.5 Å². The lowest BCUT2D eigenvalue weighted by molar-refractivity contribution is 0.0532. The van der Waals surface area contributed by atoms with Crippen molar-refractivity contribution in [1.29, 1.82) is 0 Å². The van der Waals surface area contributed by atoms with E-state index in [-0.39, 0.29) is 11.9 Å². The van der Waals surface area contributed by atoms with E-state index in [9.17, 15) is 4.79 Å². The van der Waals surface area contributed by atoms with Gasteiger partial charge in [0, 0.05) is 25.3 Å². The Hall–Kier alpha value is -2.34. The smallest absolute Gasteiger partial charge is 0.257 e. The number of rotatable bonds is 5. The van der Waals surface area contributed by atoms with Crippen LogP contribution in [0.2, 0.25) is 0 Å². The van der Waals surface area contributed by atoms with Crippen molar-refractivity contribution in [2.45, 2.75) is 32.4 Å². The summed E-state index contributed by atoms with van der Waals surface area (Å²) in [7, 11) is 1.65. The minimum atomic E-state index is 0.0305. The average molecular weight is 342 g/mol. The quantitative estimate of drug-likeness (QED) is 0.903. The number of aromatic nitrogens is 2. The number of hydrogen-bond donors (Lipinski definition) is 1. The van der Waals surface area contributed by atoms with Crippen LogP contribution >= 0.6 is 0 Å². The second kappa shape index (κ2) is 7.70. The molecule has 6 heteroatoms. The van der Waals surface area contributed by atoms with Crippen molar-refractivity contribution < 1.29 is 9.53 Å². The first-order valence-electron chi connectivity index (χ1n) is 8.78. The molecule has 0 unspecified atom stereocenters. The molecule has 1 fully saturated rings. The lowest BCUT2D eigenvalue weighted by Crippen LogP contribution is -2.51. The Labute approximate surface area is 148 Å². The molecule has 6 nitrogen and oxygen atoms in total. The molecule has 1 amide bonds. The third-order valence-electron chi connectivity index (χ3n) is 5.00. The number of nitrogens with two attached hydrogens (primary N) is 1. The molecule has 2 N–H and O–H groups in total. The lowest BCUT2D eigenvalue weighted by atomic mass is 9.90. The van der Waals surface area contributed by atoms with Gasteiger partial charge in [-0.2, -0.15) is 5.10 Å². The molecule has 134 valence electrons. The van der Waals surface area contributed by atoms with Crippen LogP contribution < -0.4 is 10.5 Å². The van der Waals surface area contributed by atoms with Crippen LogP contribution in [0.15, 0.2) is 36.7 Å². The highest BCUT2D eigenvalue weighted by Crippen LogP contribution is 2.24.